The number of hydrogen-bond acceptors (Lipinski definition) is 7. The molecule has 0 spiro atoms. The minimum Gasteiger partial charge on any atom is -0.454 e. The molecule has 0 unspecified atom stereocenters. The zero-order chi connectivity index (χ0) is 31.9. The van der Waals surface area contributed by atoms with Gasteiger partial charge in [-0.05, 0) is 79.2 Å². The minimum atomic E-state index is -4.22. The standard InChI is InChI=1S/C32H22F2N6O4S/c1-18-11-21(44-30-8-3-2-7-24(30)33)9-10-29(18)40-32(36)23(17-37-40)31(41)28-14-20-13-25(34)27(15-26(20)38-28)39-45(42,43)22-6-4-5-19(12-22)16-35/h2-15,17,38-39H,36H2,1H3. The van der Waals surface area contributed by atoms with Crippen LogP contribution in [0.2, 0.25) is 0 Å². The number of ether oxygens (including phenoxy) is 1. The Kier molecular flexibility index (Phi) is 7.27. The van der Waals surface area contributed by atoms with Crippen LogP contribution in [0.1, 0.15) is 27.2 Å². The quantitative estimate of drug-likeness (QED) is 0.170. The van der Waals surface area contributed by atoms with Gasteiger partial charge in [0.05, 0.1) is 45.4 Å². The lowest BCUT2D eigenvalue weighted by Crippen LogP contribution is -2.14. The number of para-hydroxylation sites is 1. The lowest BCUT2D eigenvalue weighted by Gasteiger charge is -2.12. The van der Waals surface area contributed by atoms with E-state index in [-0.39, 0.29) is 44.5 Å². The summed E-state index contributed by atoms with van der Waals surface area (Å²) >= 11 is 0. The molecule has 2 heterocycles. The van der Waals surface area contributed by atoms with Crippen LogP contribution < -0.4 is 15.2 Å². The number of benzene rings is 4. The number of aromatic amines is 1. The molecule has 2 aromatic heterocycles. The molecule has 45 heavy (non-hydrogen) atoms. The first-order valence-electron chi connectivity index (χ1n) is 13.3. The number of hydrogen-bond donors (Lipinski definition) is 3. The van der Waals surface area contributed by atoms with E-state index in [9.17, 15) is 22.0 Å². The van der Waals surface area contributed by atoms with E-state index in [1.54, 1.807) is 37.3 Å². The van der Waals surface area contributed by atoms with E-state index in [2.05, 4.69) is 14.8 Å². The molecule has 0 saturated carbocycles. The normalized spacial score (nSPS) is 11.3. The molecule has 0 fully saturated rings. The summed E-state index contributed by atoms with van der Waals surface area (Å²) < 4.78 is 63.9. The van der Waals surface area contributed by atoms with E-state index >= 15 is 0 Å². The number of fused-ring (bicyclic) bond motifs is 1. The average molecular weight is 625 g/mol. The van der Waals surface area contributed by atoms with E-state index in [0.717, 1.165) is 6.07 Å². The predicted molar refractivity (Wildman–Crippen MR) is 163 cm³/mol. The number of carbonyl (C=O) groups is 1. The topological polar surface area (TPSA) is 156 Å². The maximum atomic E-state index is 15.0. The number of nitriles is 1. The number of H-pyrrole nitrogens is 1. The second kappa shape index (κ2) is 11.3. The van der Waals surface area contributed by atoms with Crippen molar-refractivity contribution >= 4 is 38.2 Å². The zero-order valence-electron chi connectivity index (χ0n) is 23.4. The van der Waals surface area contributed by atoms with Crippen LogP contribution in [0.25, 0.3) is 16.6 Å². The van der Waals surface area contributed by atoms with Crippen LogP contribution in [-0.4, -0.2) is 29.0 Å². The Bertz CT molecular complexity index is 2290. The van der Waals surface area contributed by atoms with E-state index in [0.29, 0.717) is 22.4 Å². The maximum Gasteiger partial charge on any atom is 0.262 e. The minimum absolute atomic E-state index is 0.0451. The number of anilines is 2. The molecule has 224 valence electrons. The number of sulfonamides is 1. The Hall–Kier alpha value is -6.00. The van der Waals surface area contributed by atoms with Crippen molar-refractivity contribution in [3.8, 4) is 23.3 Å². The van der Waals surface area contributed by atoms with Crippen molar-refractivity contribution < 1.29 is 26.7 Å². The fraction of sp³-hybridized carbons (Fsp3) is 0.0312. The van der Waals surface area contributed by atoms with E-state index in [1.807, 2.05) is 6.07 Å². The Morgan fingerprint density at radius 1 is 1.02 bits per heavy atom. The molecule has 6 rings (SSSR count). The van der Waals surface area contributed by atoms with Crippen molar-refractivity contribution in [2.24, 2.45) is 0 Å². The number of ketones is 1. The molecule has 13 heteroatoms. The first-order valence-corrected chi connectivity index (χ1v) is 14.8. The Balaban J connectivity index is 1.26. The van der Waals surface area contributed by atoms with Gasteiger partial charge in [-0.15, -0.1) is 0 Å². The maximum absolute atomic E-state index is 15.0. The third-order valence-corrected chi connectivity index (χ3v) is 8.35. The van der Waals surface area contributed by atoms with Gasteiger partial charge in [-0.3, -0.25) is 9.52 Å². The summed E-state index contributed by atoms with van der Waals surface area (Å²) in [7, 11) is -4.22. The van der Waals surface area contributed by atoms with E-state index in [1.165, 1.54) is 59.4 Å². The van der Waals surface area contributed by atoms with Crippen molar-refractivity contribution in [1.82, 2.24) is 14.8 Å². The summed E-state index contributed by atoms with van der Waals surface area (Å²) in [6.45, 7) is 1.78. The Labute approximate surface area is 255 Å². The van der Waals surface area contributed by atoms with Gasteiger partial charge in [0, 0.05) is 10.9 Å². The lowest BCUT2D eigenvalue weighted by molar-refractivity contribution is 0.103. The summed E-state index contributed by atoms with van der Waals surface area (Å²) in [6.07, 6.45) is 1.31. The van der Waals surface area contributed by atoms with Gasteiger partial charge in [-0.2, -0.15) is 10.4 Å². The Morgan fingerprint density at radius 3 is 2.58 bits per heavy atom. The Morgan fingerprint density at radius 2 is 1.82 bits per heavy atom. The number of nitrogen functional groups attached to an aromatic ring is 1. The van der Waals surface area contributed by atoms with Gasteiger partial charge in [0.2, 0.25) is 5.78 Å². The molecular weight excluding hydrogens is 602 g/mol. The van der Waals surface area contributed by atoms with Gasteiger partial charge in [0.25, 0.3) is 10.0 Å². The van der Waals surface area contributed by atoms with Crippen molar-refractivity contribution in [3.63, 3.8) is 0 Å². The summed E-state index contributed by atoms with van der Waals surface area (Å²) in [5.41, 5.74) is 7.80. The molecule has 0 aliphatic rings. The van der Waals surface area contributed by atoms with Crippen LogP contribution in [0.3, 0.4) is 0 Å². The second-order valence-electron chi connectivity index (χ2n) is 10.0. The average Bonchev–Trinajstić information content (AvgIpc) is 3.61. The summed E-state index contributed by atoms with van der Waals surface area (Å²) in [6, 6.07) is 21.9. The van der Waals surface area contributed by atoms with Gasteiger partial charge >= 0.3 is 0 Å². The molecule has 0 aliphatic heterocycles. The van der Waals surface area contributed by atoms with Gasteiger partial charge in [0.15, 0.2) is 11.6 Å². The number of nitrogens with zero attached hydrogens (tertiary/aromatic N) is 3. The van der Waals surface area contributed by atoms with Crippen LogP contribution in [0.4, 0.5) is 20.3 Å². The van der Waals surface area contributed by atoms with Crippen LogP contribution in [0, 0.1) is 29.9 Å². The van der Waals surface area contributed by atoms with Gasteiger partial charge in [-0.25, -0.2) is 21.9 Å². The molecule has 0 radical (unpaired) electrons. The van der Waals surface area contributed by atoms with E-state index < -0.39 is 27.4 Å². The highest BCUT2D eigenvalue weighted by molar-refractivity contribution is 7.92. The molecular formula is C32H22F2N6O4S. The fourth-order valence-corrected chi connectivity index (χ4v) is 5.85. The highest BCUT2D eigenvalue weighted by atomic mass is 32.2. The number of nitrogens with two attached hydrogens (primary N) is 1. The molecule has 4 aromatic carbocycles. The number of nitrogens with one attached hydrogen (secondary N) is 2. The third kappa shape index (κ3) is 5.57. The first-order chi connectivity index (χ1) is 21.5. The smallest absolute Gasteiger partial charge is 0.262 e. The van der Waals surface area contributed by atoms with Crippen LogP contribution >= 0.6 is 0 Å². The highest BCUT2D eigenvalue weighted by Crippen LogP contribution is 2.30. The van der Waals surface area contributed by atoms with Crippen LogP contribution in [-0.2, 0) is 10.0 Å². The molecule has 0 aliphatic carbocycles. The molecule has 10 nitrogen and oxygen atoms in total. The molecule has 0 bridgehead atoms. The van der Waals surface area contributed by atoms with Crippen LogP contribution in [0.15, 0.2) is 96.0 Å². The molecule has 4 N–H and O–H groups in total. The summed E-state index contributed by atoms with van der Waals surface area (Å²) in [5.74, 6) is -1.38. The number of rotatable bonds is 8. The lowest BCUT2D eigenvalue weighted by atomic mass is 10.1. The van der Waals surface area contributed by atoms with Gasteiger partial charge in [0.1, 0.15) is 17.4 Å². The summed E-state index contributed by atoms with van der Waals surface area (Å²) in [5, 5.41) is 13.7. The van der Waals surface area contributed by atoms with Crippen molar-refractivity contribution in [3.05, 3.63) is 125 Å². The number of aryl methyl sites for hydroxylation is 1. The molecule has 6 aromatic rings. The third-order valence-electron chi connectivity index (χ3n) is 6.98. The zero-order valence-corrected chi connectivity index (χ0v) is 24.2. The molecule has 0 amide bonds. The van der Waals surface area contributed by atoms with Gasteiger partial charge in [-0.1, -0.05) is 18.2 Å². The van der Waals surface area contributed by atoms with E-state index in [4.69, 9.17) is 15.7 Å². The fourth-order valence-electron chi connectivity index (χ4n) is 4.74. The number of carbonyl (C=O) groups excluding carboxylic acids is 1. The monoisotopic (exact) mass is 624 g/mol. The molecule has 0 atom stereocenters. The predicted octanol–water partition coefficient (Wildman–Crippen LogP) is 6.22. The second-order valence-corrected chi connectivity index (χ2v) is 11.7. The van der Waals surface area contributed by atoms with Crippen LogP contribution in [0.5, 0.6) is 11.5 Å². The van der Waals surface area contributed by atoms with Crippen molar-refractivity contribution in [2.75, 3.05) is 10.5 Å². The van der Waals surface area contributed by atoms with Crippen molar-refractivity contribution in [1.29, 1.82) is 5.26 Å². The SMILES string of the molecule is Cc1cc(Oc2ccccc2F)ccc1-n1ncc(C(=O)c2cc3cc(F)c(NS(=O)(=O)c4cccc(C#N)c4)cc3[nH]2)c1N. The number of aromatic nitrogens is 3. The molecule has 0 saturated heterocycles. The highest BCUT2D eigenvalue weighted by Gasteiger charge is 2.22. The summed E-state index contributed by atoms with van der Waals surface area (Å²) in [4.78, 5) is 16.1. The number of halogens is 2. The van der Waals surface area contributed by atoms with Gasteiger partial charge < -0.3 is 15.5 Å². The first kappa shape index (κ1) is 29.1. The van der Waals surface area contributed by atoms with Crippen molar-refractivity contribution in [2.45, 2.75) is 11.8 Å². The largest absolute Gasteiger partial charge is 0.454 e.